The molecule has 4 atom stereocenters. The first-order chi connectivity index (χ1) is 20.2. The van der Waals surface area contributed by atoms with Crippen LogP contribution in [0.25, 0.3) is 0 Å². The van der Waals surface area contributed by atoms with Gasteiger partial charge in [-0.2, -0.15) is 0 Å². The van der Waals surface area contributed by atoms with Crippen molar-refractivity contribution in [2.75, 3.05) is 14.2 Å². The van der Waals surface area contributed by atoms with Gasteiger partial charge in [0.15, 0.2) is 11.6 Å². The Hall–Kier alpha value is -4.56. The van der Waals surface area contributed by atoms with Gasteiger partial charge < -0.3 is 29.2 Å². The van der Waals surface area contributed by atoms with Crippen LogP contribution in [-0.2, 0) is 20.1 Å². The second kappa shape index (κ2) is 10.1. The minimum Gasteiger partial charge on any atom is -0.507 e. The van der Waals surface area contributed by atoms with Crippen molar-refractivity contribution in [3.05, 3.63) is 112 Å². The summed E-state index contributed by atoms with van der Waals surface area (Å²) in [6.07, 6.45) is 0.276. The Labute approximate surface area is 243 Å². The Morgan fingerprint density at radius 2 is 1.64 bits per heavy atom. The van der Waals surface area contributed by atoms with Crippen molar-refractivity contribution in [1.82, 2.24) is 0 Å². The number of carbonyl (C=O) groups is 2. The lowest BCUT2D eigenvalue weighted by Gasteiger charge is -2.59. The van der Waals surface area contributed by atoms with Crippen LogP contribution in [-0.4, -0.2) is 42.1 Å². The lowest BCUT2D eigenvalue weighted by molar-refractivity contribution is -0.286. The van der Waals surface area contributed by atoms with Crippen molar-refractivity contribution < 1.29 is 38.7 Å². The standard InChI is InChI=1S/C34H32O8/c1-19-24(36)17-26-28(30(19)40-4)29-31(38)34(41-26,22-13-9-6-10-14-22)42-32-20(2)25(37)18-27(39-3)33(29,32)16-15-23(35)21-11-7-5-8-12-21/h5-14,17-18,29,31,36,38H,15-16H2,1-4H3/t29-,31+,33-,34-/m0/s1. The minimum atomic E-state index is -1.77. The van der Waals surface area contributed by atoms with E-state index in [1.54, 1.807) is 62.4 Å². The highest BCUT2D eigenvalue weighted by atomic mass is 16.7. The summed E-state index contributed by atoms with van der Waals surface area (Å²) in [5.74, 6) is -1.98. The molecule has 3 aromatic carbocycles. The van der Waals surface area contributed by atoms with Crippen LogP contribution in [0.15, 0.2) is 89.9 Å². The van der Waals surface area contributed by atoms with E-state index in [1.165, 1.54) is 26.4 Å². The second-order valence-electron chi connectivity index (χ2n) is 10.9. The molecule has 216 valence electrons. The van der Waals surface area contributed by atoms with Gasteiger partial charge in [0, 0.05) is 52.3 Å². The molecule has 2 bridgehead atoms. The van der Waals surface area contributed by atoms with Gasteiger partial charge in [-0.25, -0.2) is 0 Å². The molecular weight excluding hydrogens is 536 g/mol. The van der Waals surface area contributed by atoms with Crippen LogP contribution in [0, 0.1) is 12.3 Å². The van der Waals surface area contributed by atoms with Crippen molar-refractivity contribution in [3.8, 4) is 17.2 Å². The number of methoxy groups -OCH3 is 2. The topological polar surface area (TPSA) is 112 Å². The first kappa shape index (κ1) is 27.6. The molecule has 8 nitrogen and oxygen atoms in total. The summed E-state index contributed by atoms with van der Waals surface area (Å²) in [5.41, 5.74) is 1.05. The summed E-state index contributed by atoms with van der Waals surface area (Å²) in [7, 11) is 2.95. The number of hydrogen-bond acceptors (Lipinski definition) is 8. The van der Waals surface area contributed by atoms with Gasteiger partial charge in [0.2, 0.25) is 0 Å². The maximum absolute atomic E-state index is 13.5. The average molecular weight is 569 g/mol. The molecule has 3 aliphatic rings. The number of aliphatic hydroxyl groups is 1. The number of phenolic OH excluding ortho intramolecular Hbond substituents is 1. The molecule has 0 unspecified atom stereocenters. The number of benzene rings is 3. The molecule has 42 heavy (non-hydrogen) atoms. The predicted octanol–water partition coefficient (Wildman–Crippen LogP) is 5.47. The van der Waals surface area contributed by atoms with E-state index in [9.17, 15) is 19.8 Å². The van der Waals surface area contributed by atoms with E-state index in [1.807, 2.05) is 12.1 Å². The zero-order valence-corrected chi connectivity index (χ0v) is 23.8. The second-order valence-corrected chi connectivity index (χ2v) is 10.9. The van der Waals surface area contributed by atoms with Gasteiger partial charge >= 0.3 is 5.79 Å². The number of allylic oxidation sites excluding steroid dienone is 2. The SMILES string of the molecule is COC1=CC(=O)C(C)=C2O[C@]3(c4ccccc4)Oc4cc(O)c(C)c(OC)c4[C@@H]([C@H]3O)[C@]12CCC(=O)c1ccccc1. The molecule has 0 radical (unpaired) electrons. The smallest absolute Gasteiger partial charge is 0.304 e. The minimum absolute atomic E-state index is 0.0511. The van der Waals surface area contributed by atoms with Crippen LogP contribution in [0.1, 0.15) is 52.7 Å². The molecule has 2 heterocycles. The van der Waals surface area contributed by atoms with Crippen LogP contribution < -0.4 is 9.47 Å². The molecule has 1 aliphatic carbocycles. The highest BCUT2D eigenvalue weighted by Gasteiger charge is 2.69. The summed E-state index contributed by atoms with van der Waals surface area (Å²) in [5, 5.41) is 23.3. The molecule has 8 heteroatoms. The van der Waals surface area contributed by atoms with E-state index in [2.05, 4.69) is 0 Å². The van der Waals surface area contributed by atoms with Gasteiger partial charge in [0.25, 0.3) is 0 Å². The normalized spacial score (nSPS) is 25.8. The Kier molecular flexibility index (Phi) is 6.61. The van der Waals surface area contributed by atoms with Crippen LogP contribution in [0.5, 0.6) is 17.2 Å². The van der Waals surface area contributed by atoms with Gasteiger partial charge in [-0.1, -0.05) is 60.7 Å². The average Bonchev–Trinajstić information content (AvgIpc) is 3.01. The quantitative estimate of drug-likeness (QED) is 0.361. The first-order valence-electron chi connectivity index (χ1n) is 13.8. The summed E-state index contributed by atoms with van der Waals surface area (Å²) in [4.78, 5) is 26.8. The lowest BCUT2D eigenvalue weighted by atomic mass is 9.57. The van der Waals surface area contributed by atoms with Gasteiger partial charge in [-0.15, -0.1) is 0 Å². The number of aliphatic hydroxyl groups excluding tert-OH is 1. The fraction of sp³-hybridized carbons (Fsp3) is 0.294. The summed E-state index contributed by atoms with van der Waals surface area (Å²) in [6.45, 7) is 3.38. The molecule has 0 aromatic heterocycles. The van der Waals surface area contributed by atoms with Crippen LogP contribution in [0.2, 0.25) is 0 Å². The van der Waals surface area contributed by atoms with Gasteiger partial charge in [0.1, 0.15) is 34.9 Å². The number of Topliss-reactive ketones (excluding diaryl/α,β-unsaturated/α-hetero) is 1. The fourth-order valence-electron chi connectivity index (χ4n) is 6.78. The molecule has 6 rings (SSSR count). The third-order valence-corrected chi connectivity index (χ3v) is 8.82. The molecule has 0 amide bonds. The summed E-state index contributed by atoms with van der Waals surface area (Å²) >= 11 is 0. The Morgan fingerprint density at radius 3 is 2.29 bits per heavy atom. The van der Waals surface area contributed by atoms with Crippen LogP contribution >= 0.6 is 0 Å². The van der Waals surface area contributed by atoms with Crippen molar-refractivity contribution in [2.45, 2.75) is 44.5 Å². The number of fused-ring (bicyclic) bond motifs is 6. The maximum atomic E-state index is 13.5. The molecule has 0 saturated carbocycles. The van der Waals surface area contributed by atoms with Crippen molar-refractivity contribution in [2.24, 2.45) is 5.41 Å². The molecule has 1 fully saturated rings. The van der Waals surface area contributed by atoms with E-state index >= 15 is 0 Å². The summed E-state index contributed by atoms with van der Waals surface area (Å²) in [6, 6.07) is 19.4. The number of carbonyl (C=O) groups excluding carboxylic acids is 2. The lowest BCUT2D eigenvalue weighted by Crippen LogP contribution is -2.63. The van der Waals surface area contributed by atoms with E-state index in [0.29, 0.717) is 33.6 Å². The zero-order chi connectivity index (χ0) is 29.8. The van der Waals surface area contributed by atoms with Gasteiger partial charge in [0.05, 0.1) is 19.6 Å². The third-order valence-electron chi connectivity index (χ3n) is 8.82. The molecular formula is C34H32O8. The van der Waals surface area contributed by atoms with Crippen LogP contribution in [0.4, 0.5) is 0 Å². The largest absolute Gasteiger partial charge is 0.507 e. The van der Waals surface area contributed by atoms with Crippen LogP contribution in [0.3, 0.4) is 0 Å². The van der Waals surface area contributed by atoms with E-state index in [-0.39, 0.29) is 47.4 Å². The number of aromatic hydroxyl groups is 1. The summed E-state index contributed by atoms with van der Waals surface area (Å²) < 4.78 is 25.0. The monoisotopic (exact) mass is 568 g/mol. The molecule has 2 N–H and O–H groups in total. The number of rotatable bonds is 7. The Morgan fingerprint density at radius 1 is 0.976 bits per heavy atom. The number of phenols is 1. The fourth-order valence-corrected chi connectivity index (χ4v) is 6.78. The van der Waals surface area contributed by atoms with Crippen molar-refractivity contribution in [1.29, 1.82) is 0 Å². The van der Waals surface area contributed by atoms with Gasteiger partial charge in [-0.05, 0) is 20.3 Å². The molecule has 0 spiro atoms. The van der Waals surface area contributed by atoms with E-state index < -0.39 is 23.2 Å². The Bertz CT molecular complexity index is 1640. The zero-order valence-electron chi connectivity index (χ0n) is 23.8. The van der Waals surface area contributed by atoms with E-state index in [0.717, 1.165) is 0 Å². The molecule has 2 aliphatic heterocycles. The maximum Gasteiger partial charge on any atom is 0.304 e. The number of hydrogen-bond donors (Lipinski definition) is 2. The van der Waals surface area contributed by atoms with Crippen molar-refractivity contribution in [3.63, 3.8) is 0 Å². The highest BCUT2D eigenvalue weighted by Crippen LogP contribution is 2.68. The number of ketones is 2. The molecule has 3 aromatic rings. The van der Waals surface area contributed by atoms with Crippen molar-refractivity contribution >= 4 is 11.6 Å². The van der Waals surface area contributed by atoms with Gasteiger partial charge in [-0.3, -0.25) is 9.59 Å². The third kappa shape index (κ3) is 3.78. The first-order valence-corrected chi connectivity index (χ1v) is 13.8. The Balaban J connectivity index is 1.65. The predicted molar refractivity (Wildman–Crippen MR) is 153 cm³/mol. The highest BCUT2D eigenvalue weighted by molar-refractivity contribution is 6.06. The number of ether oxygens (including phenoxy) is 4. The van der Waals surface area contributed by atoms with E-state index in [4.69, 9.17) is 18.9 Å². The molecule has 1 saturated heterocycles.